The molecule has 0 bridgehead atoms. The Morgan fingerprint density at radius 2 is 2.60 bits per heavy atom. The monoisotopic (exact) mass is 227 g/mol. The van der Waals surface area contributed by atoms with Gasteiger partial charge in [0, 0.05) is 43.7 Å². The SMILES string of the molecule is COCC1CCN(c2ncc(CN)s2)C1. The summed E-state index contributed by atoms with van der Waals surface area (Å²) in [5, 5.41) is 1.11. The summed E-state index contributed by atoms with van der Waals surface area (Å²) in [7, 11) is 1.76. The van der Waals surface area contributed by atoms with E-state index in [2.05, 4.69) is 9.88 Å². The molecule has 1 saturated heterocycles. The first-order valence-electron chi connectivity index (χ1n) is 5.22. The number of thiazole rings is 1. The number of rotatable bonds is 4. The van der Waals surface area contributed by atoms with E-state index in [9.17, 15) is 0 Å². The number of nitrogens with two attached hydrogens (primary N) is 1. The third kappa shape index (κ3) is 2.48. The van der Waals surface area contributed by atoms with Gasteiger partial charge in [0.05, 0.1) is 6.61 Å². The zero-order valence-electron chi connectivity index (χ0n) is 8.98. The van der Waals surface area contributed by atoms with Crippen LogP contribution in [0, 0.1) is 5.92 Å². The summed E-state index contributed by atoms with van der Waals surface area (Å²) in [6.45, 7) is 3.59. The van der Waals surface area contributed by atoms with Crippen LogP contribution in [0.4, 0.5) is 5.13 Å². The van der Waals surface area contributed by atoms with E-state index in [1.54, 1.807) is 18.4 Å². The van der Waals surface area contributed by atoms with Crippen molar-refractivity contribution in [2.75, 3.05) is 31.7 Å². The number of methoxy groups -OCH3 is 1. The molecule has 2 N–H and O–H groups in total. The van der Waals surface area contributed by atoms with Crippen LogP contribution in [0.5, 0.6) is 0 Å². The van der Waals surface area contributed by atoms with Crippen LogP contribution in [0.2, 0.25) is 0 Å². The molecule has 84 valence electrons. The summed E-state index contributed by atoms with van der Waals surface area (Å²) in [6, 6.07) is 0. The van der Waals surface area contributed by atoms with Crippen LogP contribution in [-0.4, -0.2) is 31.8 Å². The molecule has 0 spiro atoms. The Bertz CT molecular complexity index is 315. The van der Waals surface area contributed by atoms with Crippen molar-refractivity contribution in [2.24, 2.45) is 11.7 Å². The summed E-state index contributed by atoms with van der Waals surface area (Å²) in [5.41, 5.74) is 5.57. The molecule has 1 atom stereocenters. The quantitative estimate of drug-likeness (QED) is 0.836. The largest absolute Gasteiger partial charge is 0.384 e. The summed E-state index contributed by atoms with van der Waals surface area (Å²) in [4.78, 5) is 7.87. The molecule has 1 aromatic rings. The molecule has 1 aliphatic heterocycles. The van der Waals surface area contributed by atoms with E-state index in [1.807, 2.05) is 6.20 Å². The summed E-state index contributed by atoms with van der Waals surface area (Å²) in [6.07, 6.45) is 3.08. The third-order valence-corrected chi connectivity index (χ3v) is 3.78. The van der Waals surface area contributed by atoms with Gasteiger partial charge in [-0.1, -0.05) is 0 Å². The second kappa shape index (κ2) is 4.92. The fourth-order valence-electron chi connectivity index (χ4n) is 1.92. The molecule has 0 saturated carbocycles. The van der Waals surface area contributed by atoms with Gasteiger partial charge < -0.3 is 15.4 Å². The molecule has 0 aliphatic carbocycles. The Labute approximate surface area is 94.1 Å². The van der Waals surface area contributed by atoms with E-state index in [4.69, 9.17) is 10.5 Å². The summed E-state index contributed by atoms with van der Waals surface area (Å²) >= 11 is 1.70. The van der Waals surface area contributed by atoms with Crippen molar-refractivity contribution in [3.05, 3.63) is 11.1 Å². The van der Waals surface area contributed by atoms with Crippen LogP contribution in [0.1, 0.15) is 11.3 Å². The average molecular weight is 227 g/mol. The number of nitrogens with zero attached hydrogens (tertiary/aromatic N) is 2. The molecule has 1 aromatic heterocycles. The second-order valence-corrected chi connectivity index (χ2v) is 4.96. The van der Waals surface area contributed by atoms with Crippen molar-refractivity contribution in [3.63, 3.8) is 0 Å². The number of ether oxygens (including phenoxy) is 1. The number of hydrogen-bond acceptors (Lipinski definition) is 5. The first-order chi connectivity index (χ1) is 7.33. The lowest BCUT2D eigenvalue weighted by Crippen LogP contribution is -2.20. The van der Waals surface area contributed by atoms with E-state index >= 15 is 0 Å². The summed E-state index contributed by atoms with van der Waals surface area (Å²) in [5.74, 6) is 0.653. The molecule has 0 amide bonds. The second-order valence-electron chi connectivity index (χ2n) is 3.87. The van der Waals surface area contributed by atoms with Crippen molar-refractivity contribution in [1.29, 1.82) is 0 Å². The lowest BCUT2D eigenvalue weighted by atomic mass is 10.1. The number of aromatic nitrogens is 1. The van der Waals surface area contributed by atoms with Gasteiger partial charge in [0.1, 0.15) is 0 Å². The maximum absolute atomic E-state index is 5.57. The van der Waals surface area contributed by atoms with E-state index < -0.39 is 0 Å². The molecule has 0 radical (unpaired) electrons. The highest BCUT2D eigenvalue weighted by atomic mass is 32.1. The van der Waals surface area contributed by atoms with Gasteiger partial charge in [0.2, 0.25) is 0 Å². The first kappa shape index (κ1) is 10.9. The van der Waals surface area contributed by atoms with Crippen LogP contribution in [0.3, 0.4) is 0 Å². The van der Waals surface area contributed by atoms with Crippen molar-refractivity contribution in [1.82, 2.24) is 4.98 Å². The topological polar surface area (TPSA) is 51.4 Å². The smallest absolute Gasteiger partial charge is 0.185 e. The molecule has 1 aliphatic rings. The molecule has 1 fully saturated rings. The molecule has 1 unspecified atom stereocenters. The van der Waals surface area contributed by atoms with Crippen molar-refractivity contribution < 1.29 is 4.74 Å². The minimum atomic E-state index is 0.590. The lowest BCUT2D eigenvalue weighted by molar-refractivity contribution is 0.161. The molecular formula is C10H17N3OS. The Balaban J connectivity index is 1.95. The Morgan fingerprint density at radius 1 is 1.73 bits per heavy atom. The van der Waals surface area contributed by atoms with Gasteiger partial charge in [-0.05, 0) is 6.42 Å². The standard InChI is InChI=1S/C10H17N3OS/c1-14-7-8-2-3-13(6-8)10-12-5-9(4-11)15-10/h5,8H,2-4,6-7,11H2,1H3. The Hall–Kier alpha value is -0.650. The zero-order chi connectivity index (χ0) is 10.7. The van der Waals surface area contributed by atoms with Gasteiger partial charge in [-0.3, -0.25) is 0 Å². The number of anilines is 1. The average Bonchev–Trinajstić information content (AvgIpc) is 2.85. The molecule has 5 heteroatoms. The van der Waals surface area contributed by atoms with Crippen molar-refractivity contribution in [2.45, 2.75) is 13.0 Å². The van der Waals surface area contributed by atoms with E-state index in [0.29, 0.717) is 12.5 Å². The highest BCUT2D eigenvalue weighted by molar-refractivity contribution is 7.15. The minimum Gasteiger partial charge on any atom is -0.384 e. The van der Waals surface area contributed by atoms with Gasteiger partial charge >= 0.3 is 0 Å². The molecule has 4 nitrogen and oxygen atoms in total. The van der Waals surface area contributed by atoms with Crippen LogP contribution >= 0.6 is 11.3 Å². The molecule has 0 aromatic carbocycles. The van der Waals surface area contributed by atoms with Gasteiger partial charge in [0.25, 0.3) is 0 Å². The van der Waals surface area contributed by atoms with E-state index in [1.165, 1.54) is 6.42 Å². The predicted molar refractivity (Wildman–Crippen MR) is 62.2 cm³/mol. The fraction of sp³-hybridized carbons (Fsp3) is 0.700. The molecule has 2 rings (SSSR count). The van der Waals surface area contributed by atoms with Gasteiger partial charge in [-0.25, -0.2) is 4.98 Å². The van der Waals surface area contributed by atoms with Crippen LogP contribution in [-0.2, 0) is 11.3 Å². The van der Waals surface area contributed by atoms with E-state index in [-0.39, 0.29) is 0 Å². The minimum absolute atomic E-state index is 0.590. The highest BCUT2D eigenvalue weighted by Gasteiger charge is 2.24. The molecule has 2 heterocycles. The van der Waals surface area contributed by atoms with Crippen molar-refractivity contribution >= 4 is 16.5 Å². The Morgan fingerprint density at radius 3 is 3.27 bits per heavy atom. The van der Waals surface area contributed by atoms with Gasteiger partial charge in [0.15, 0.2) is 5.13 Å². The van der Waals surface area contributed by atoms with Crippen LogP contribution in [0.25, 0.3) is 0 Å². The maximum Gasteiger partial charge on any atom is 0.185 e. The molecular weight excluding hydrogens is 210 g/mol. The van der Waals surface area contributed by atoms with Crippen LogP contribution in [0.15, 0.2) is 6.20 Å². The Kier molecular flexibility index (Phi) is 3.56. The zero-order valence-corrected chi connectivity index (χ0v) is 9.80. The summed E-state index contributed by atoms with van der Waals surface area (Å²) < 4.78 is 5.17. The highest BCUT2D eigenvalue weighted by Crippen LogP contribution is 2.27. The molecule has 15 heavy (non-hydrogen) atoms. The van der Waals surface area contributed by atoms with E-state index in [0.717, 1.165) is 29.7 Å². The lowest BCUT2D eigenvalue weighted by Gasteiger charge is -2.14. The normalized spacial score (nSPS) is 21.2. The van der Waals surface area contributed by atoms with Gasteiger partial charge in [-0.15, -0.1) is 11.3 Å². The maximum atomic E-state index is 5.57. The third-order valence-electron chi connectivity index (χ3n) is 2.70. The first-order valence-corrected chi connectivity index (χ1v) is 6.03. The number of hydrogen-bond donors (Lipinski definition) is 1. The van der Waals surface area contributed by atoms with Gasteiger partial charge in [-0.2, -0.15) is 0 Å². The van der Waals surface area contributed by atoms with Crippen molar-refractivity contribution in [3.8, 4) is 0 Å². The predicted octanol–water partition coefficient (Wildman–Crippen LogP) is 1.07. The fourth-order valence-corrected chi connectivity index (χ4v) is 2.74. The van der Waals surface area contributed by atoms with Crippen LogP contribution < -0.4 is 10.6 Å².